The van der Waals surface area contributed by atoms with E-state index in [2.05, 4.69) is 10.9 Å². The quantitative estimate of drug-likeness (QED) is 0.718. The highest BCUT2D eigenvalue weighted by Crippen LogP contribution is 2.09. The van der Waals surface area contributed by atoms with Gasteiger partial charge >= 0.3 is 0 Å². The molecule has 3 heteroatoms. The van der Waals surface area contributed by atoms with Crippen molar-refractivity contribution < 1.29 is 4.79 Å². The van der Waals surface area contributed by atoms with E-state index in [0.29, 0.717) is 6.54 Å². The van der Waals surface area contributed by atoms with Crippen molar-refractivity contribution in [2.45, 2.75) is 6.04 Å². The van der Waals surface area contributed by atoms with Crippen molar-refractivity contribution in [1.29, 1.82) is 0 Å². The summed E-state index contributed by atoms with van der Waals surface area (Å²) in [5.41, 5.74) is 7.19. The lowest BCUT2D eigenvalue weighted by Gasteiger charge is -2.06. The van der Waals surface area contributed by atoms with E-state index in [4.69, 9.17) is 0 Å². The largest absolute Gasteiger partial charge is 0.303 e. The molecule has 3 nitrogen and oxygen atoms in total. The van der Waals surface area contributed by atoms with Gasteiger partial charge in [-0.3, -0.25) is 10.9 Å². The van der Waals surface area contributed by atoms with Crippen LogP contribution in [-0.4, -0.2) is 18.9 Å². The van der Waals surface area contributed by atoms with Crippen LogP contribution < -0.4 is 10.9 Å². The van der Waals surface area contributed by atoms with Crippen molar-refractivity contribution in [3.8, 4) is 0 Å². The van der Waals surface area contributed by atoms with Crippen LogP contribution in [0.4, 0.5) is 0 Å². The third kappa shape index (κ3) is 2.52. The highest BCUT2D eigenvalue weighted by molar-refractivity contribution is 5.58. The number of nitrogens with one attached hydrogen (secondary N) is 2. The number of hydrogen-bond donors (Lipinski definition) is 2. The van der Waals surface area contributed by atoms with Crippen LogP contribution in [0.3, 0.4) is 0 Å². The molecule has 0 bridgehead atoms. The minimum Gasteiger partial charge on any atom is -0.303 e. The molecule has 2 unspecified atom stereocenters. The number of hydrazine groups is 1. The molecule has 0 saturated carbocycles. The summed E-state index contributed by atoms with van der Waals surface area (Å²) < 4.78 is 0. The fraction of sp³-hybridized carbons (Fsp3) is 0.250. The Morgan fingerprint density at radius 3 is 2.80 bits per heavy atom. The molecule has 78 valence electrons. The maximum absolute atomic E-state index is 10.7. The second-order valence-corrected chi connectivity index (χ2v) is 3.62. The van der Waals surface area contributed by atoms with Crippen molar-refractivity contribution in [3.05, 3.63) is 42.0 Å². The van der Waals surface area contributed by atoms with E-state index >= 15 is 0 Å². The van der Waals surface area contributed by atoms with Gasteiger partial charge in [0.05, 0.1) is 6.04 Å². The smallest absolute Gasteiger partial charge is 0.126 e. The van der Waals surface area contributed by atoms with Crippen LogP contribution in [0.15, 0.2) is 36.4 Å². The van der Waals surface area contributed by atoms with Gasteiger partial charge in [0.1, 0.15) is 6.29 Å². The zero-order chi connectivity index (χ0) is 10.5. The second-order valence-electron chi connectivity index (χ2n) is 3.62. The number of hydrogen-bond acceptors (Lipinski definition) is 3. The molecule has 1 heterocycles. The van der Waals surface area contributed by atoms with Crippen molar-refractivity contribution in [1.82, 2.24) is 10.9 Å². The summed E-state index contributed by atoms with van der Waals surface area (Å²) in [5, 5.41) is 0. The Morgan fingerprint density at radius 1 is 1.27 bits per heavy atom. The van der Waals surface area contributed by atoms with Gasteiger partial charge in [-0.25, -0.2) is 0 Å². The van der Waals surface area contributed by atoms with E-state index in [1.807, 2.05) is 42.5 Å². The van der Waals surface area contributed by atoms with E-state index in [1.54, 1.807) is 0 Å². The molecular weight excluding hydrogens is 188 g/mol. The van der Waals surface area contributed by atoms with Crippen LogP contribution in [0.25, 0.3) is 6.08 Å². The zero-order valence-corrected chi connectivity index (χ0v) is 8.39. The SMILES string of the molecule is O=CC1CNNC1/C=C/c1ccccc1. The van der Waals surface area contributed by atoms with Crippen LogP contribution in [0.5, 0.6) is 0 Å². The molecule has 1 aliphatic rings. The third-order valence-corrected chi connectivity index (χ3v) is 2.54. The minimum absolute atomic E-state index is 0.0324. The lowest BCUT2D eigenvalue weighted by atomic mass is 10.0. The summed E-state index contributed by atoms with van der Waals surface area (Å²) in [6.45, 7) is 0.702. The Balaban J connectivity index is 2.02. The topological polar surface area (TPSA) is 41.1 Å². The molecular formula is C12H14N2O. The highest BCUT2D eigenvalue weighted by Gasteiger charge is 2.23. The summed E-state index contributed by atoms with van der Waals surface area (Å²) in [7, 11) is 0. The highest BCUT2D eigenvalue weighted by atomic mass is 16.1. The average molecular weight is 202 g/mol. The minimum atomic E-state index is 0.0324. The van der Waals surface area contributed by atoms with E-state index in [1.165, 1.54) is 0 Å². The molecule has 1 aromatic carbocycles. The molecule has 1 saturated heterocycles. The Kier molecular flexibility index (Phi) is 3.27. The number of rotatable bonds is 3. The van der Waals surface area contributed by atoms with Gasteiger partial charge in [0.2, 0.25) is 0 Å². The Morgan fingerprint density at radius 2 is 2.07 bits per heavy atom. The van der Waals surface area contributed by atoms with Crippen LogP contribution in [-0.2, 0) is 4.79 Å². The number of aldehydes is 1. The number of carbonyl (C=O) groups excluding carboxylic acids is 1. The maximum atomic E-state index is 10.7. The van der Waals surface area contributed by atoms with Crippen LogP contribution in [0.1, 0.15) is 5.56 Å². The molecule has 0 aliphatic carbocycles. The van der Waals surface area contributed by atoms with E-state index in [-0.39, 0.29) is 12.0 Å². The van der Waals surface area contributed by atoms with Gasteiger partial charge in [-0.15, -0.1) is 0 Å². The van der Waals surface area contributed by atoms with E-state index in [9.17, 15) is 4.79 Å². The Hall–Kier alpha value is -1.45. The summed E-state index contributed by atoms with van der Waals surface area (Å²) in [5.74, 6) is 0.0324. The van der Waals surface area contributed by atoms with Crippen molar-refractivity contribution >= 4 is 12.4 Å². The molecule has 2 atom stereocenters. The molecule has 0 aromatic heterocycles. The molecule has 0 spiro atoms. The molecule has 1 aromatic rings. The molecule has 1 aliphatic heterocycles. The molecule has 1 fully saturated rings. The fourth-order valence-corrected chi connectivity index (χ4v) is 1.63. The lowest BCUT2D eigenvalue weighted by Crippen LogP contribution is -2.30. The van der Waals surface area contributed by atoms with Crippen molar-refractivity contribution in [2.75, 3.05) is 6.54 Å². The zero-order valence-electron chi connectivity index (χ0n) is 8.39. The first kappa shape index (κ1) is 10.1. The average Bonchev–Trinajstić information content (AvgIpc) is 2.75. The lowest BCUT2D eigenvalue weighted by molar-refractivity contribution is -0.110. The van der Waals surface area contributed by atoms with Gasteiger partial charge in [-0.2, -0.15) is 0 Å². The maximum Gasteiger partial charge on any atom is 0.126 e. The molecule has 0 amide bonds. The third-order valence-electron chi connectivity index (χ3n) is 2.54. The van der Waals surface area contributed by atoms with Gasteiger partial charge in [0.15, 0.2) is 0 Å². The van der Waals surface area contributed by atoms with Gasteiger partial charge in [0.25, 0.3) is 0 Å². The summed E-state index contributed by atoms with van der Waals surface area (Å²) >= 11 is 0. The second kappa shape index (κ2) is 4.87. The fourth-order valence-electron chi connectivity index (χ4n) is 1.63. The predicted octanol–water partition coefficient (Wildman–Crippen LogP) is 0.991. The van der Waals surface area contributed by atoms with Crippen LogP contribution in [0.2, 0.25) is 0 Å². The number of benzene rings is 1. The van der Waals surface area contributed by atoms with Crippen molar-refractivity contribution in [3.63, 3.8) is 0 Å². The van der Waals surface area contributed by atoms with Gasteiger partial charge < -0.3 is 4.79 Å². The van der Waals surface area contributed by atoms with Crippen LogP contribution >= 0.6 is 0 Å². The summed E-state index contributed by atoms with van der Waals surface area (Å²) in [6.07, 6.45) is 5.04. The van der Waals surface area contributed by atoms with Crippen LogP contribution in [0, 0.1) is 5.92 Å². The van der Waals surface area contributed by atoms with E-state index in [0.717, 1.165) is 11.8 Å². The predicted molar refractivity (Wildman–Crippen MR) is 60.0 cm³/mol. The Bertz CT molecular complexity index is 348. The number of carbonyl (C=O) groups is 1. The van der Waals surface area contributed by atoms with Gasteiger partial charge in [-0.1, -0.05) is 42.5 Å². The first-order valence-electron chi connectivity index (χ1n) is 5.07. The molecule has 15 heavy (non-hydrogen) atoms. The monoisotopic (exact) mass is 202 g/mol. The van der Waals surface area contributed by atoms with Gasteiger partial charge in [-0.05, 0) is 5.56 Å². The molecule has 2 N–H and O–H groups in total. The summed E-state index contributed by atoms with van der Waals surface area (Å²) in [4.78, 5) is 10.7. The normalized spacial score (nSPS) is 25.9. The van der Waals surface area contributed by atoms with Crippen molar-refractivity contribution in [2.24, 2.45) is 5.92 Å². The standard InChI is InChI=1S/C12H14N2O/c15-9-11-8-13-14-12(11)7-6-10-4-2-1-3-5-10/h1-7,9,11-14H,8H2/b7-6+. The molecule has 2 rings (SSSR count). The van der Waals surface area contributed by atoms with E-state index < -0.39 is 0 Å². The Labute approximate surface area is 89.2 Å². The first-order valence-corrected chi connectivity index (χ1v) is 5.07. The van der Waals surface area contributed by atoms with Gasteiger partial charge in [0, 0.05) is 12.5 Å². The molecule has 0 radical (unpaired) electrons. The first-order chi connectivity index (χ1) is 7.40. The summed E-state index contributed by atoms with van der Waals surface area (Å²) in [6, 6.07) is 10.2.